The second-order valence-corrected chi connectivity index (χ2v) is 23.9. The minimum Gasteiger partial charge on any atom is -0.338 e. The van der Waals surface area contributed by atoms with Crippen molar-refractivity contribution in [2.45, 2.75) is 68.9 Å². The van der Waals surface area contributed by atoms with E-state index in [2.05, 4.69) is 267 Å². The van der Waals surface area contributed by atoms with Crippen molar-refractivity contribution < 1.29 is 0 Å². The Balaban J connectivity index is 1.00. The highest BCUT2D eigenvalue weighted by Gasteiger charge is 2.58. The van der Waals surface area contributed by atoms with Gasteiger partial charge in [0.05, 0.1) is 22.6 Å². The summed E-state index contributed by atoms with van der Waals surface area (Å²) in [7, 11) is 0. The largest absolute Gasteiger partial charge is 0.338 e. The number of anilines is 8. The summed E-state index contributed by atoms with van der Waals surface area (Å²) in [6.45, 7) is 0.905. The monoisotopic (exact) mass is 1050 g/mol. The second-order valence-electron chi connectivity index (χ2n) is 22.8. The van der Waals surface area contributed by atoms with Gasteiger partial charge in [-0.2, -0.15) is 0 Å². The topological polar surface area (TPSA) is 17.9 Å². The van der Waals surface area contributed by atoms with Crippen molar-refractivity contribution in [3.8, 4) is 0 Å². The number of rotatable bonds is 8. The van der Waals surface area contributed by atoms with E-state index in [0.717, 1.165) is 45.1 Å². The molecule has 0 N–H and O–H groups in total. The summed E-state index contributed by atoms with van der Waals surface area (Å²) in [6.07, 6.45) is 20.8. The van der Waals surface area contributed by atoms with Crippen molar-refractivity contribution in [3.05, 3.63) is 265 Å². The third-order valence-corrected chi connectivity index (χ3v) is 19.8. The van der Waals surface area contributed by atoms with E-state index in [1.807, 2.05) is 11.3 Å². The first kappa shape index (κ1) is 46.2. The summed E-state index contributed by atoms with van der Waals surface area (Å²) in [5, 5.41) is 5.26. The number of hydrogen-bond donors (Lipinski definition) is 0. The molecule has 1 fully saturated rings. The van der Waals surface area contributed by atoms with E-state index >= 15 is 0 Å². The molecule has 3 unspecified atom stereocenters. The Morgan fingerprint density at radius 1 is 0.537 bits per heavy atom. The molecule has 0 amide bonds. The number of para-hydroxylation sites is 4. The van der Waals surface area contributed by atoms with Crippen molar-refractivity contribution in [2.75, 3.05) is 19.6 Å². The van der Waals surface area contributed by atoms with Crippen molar-refractivity contribution in [3.63, 3.8) is 0 Å². The first-order valence-electron chi connectivity index (χ1n) is 29.0. The van der Waals surface area contributed by atoms with E-state index in [1.165, 1.54) is 121 Å². The summed E-state index contributed by atoms with van der Waals surface area (Å²) < 4.78 is 5.21. The van der Waals surface area contributed by atoms with Crippen LogP contribution >= 0.6 is 11.3 Å². The Labute approximate surface area is 472 Å². The van der Waals surface area contributed by atoms with Crippen molar-refractivity contribution in [2.24, 2.45) is 0 Å². The van der Waals surface area contributed by atoms with Crippen LogP contribution in [0.5, 0.6) is 0 Å². The lowest BCUT2D eigenvalue weighted by Crippen LogP contribution is -2.65. The molecule has 9 aromatic carbocycles. The van der Waals surface area contributed by atoms with Crippen LogP contribution in [0.4, 0.5) is 45.5 Å². The highest BCUT2D eigenvalue weighted by atomic mass is 32.1. The molecule has 3 aliphatic heterocycles. The predicted molar refractivity (Wildman–Crippen MR) is 340 cm³/mol. The molecule has 0 bridgehead atoms. The molecule has 17 rings (SSSR count). The number of allylic oxidation sites excluding steroid dienone is 6. The Bertz CT molecular complexity index is 4420. The van der Waals surface area contributed by atoms with Crippen LogP contribution < -0.4 is 30.5 Å². The Hall–Kier alpha value is -8.78. The maximum absolute atomic E-state index is 2.87. The molecule has 0 spiro atoms. The van der Waals surface area contributed by atoms with Gasteiger partial charge in [0.2, 0.25) is 6.71 Å². The summed E-state index contributed by atoms with van der Waals surface area (Å²) in [5.74, 6) is 0.508. The van der Waals surface area contributed by atoms with Gasteiger partial charge in [-0.3, -0.25) is 0 Å². The maximum Gasteiger partial charge on any atom is 0.222 e. The molecule has 5 heterocycles. The quantitative estimate of drug-likeness (QED) is 0.141. The molecule has 11 aromatic rings. The van der Waals surface area contributed by atoms with E-state index in [-0.39, 0.29) is 30.5 Å². The van der Waals surface area contributed by atoms with Crippen molar-refractivity contribution in [1.82, 2.24) is 4.57 Å². The number of benzene rings is 9. The Kier molecular flexibility index (Phi) is 10.6. The highest BCUT2D eigenvalue weighted by Crippen LogP contribution is 2.61. The number of hydrogen-bond acceptors (Lipinski definition) is 5. The predicted octanol–water partition coefficient (Wildman–Crippen LogP) is 17.9. The van der Waals surface area contributed by atoms with Crippen LogP contribution in [0.3, 0.4) is 0 Å². The van der Waals surface area contributed by atoms with Gasteiger partial charge in [-0.1, -0.05) is 164 Å². The van der Waals surface area contributed by atoms with E-state index in [0.29, 0.717) is 0 Å². The second kappa shape index (κ2) is 18.4. The standard InChI is InChI=1S/C73H58BN5S/c1-6-23-48(24-7-1)47-75-59-36-19-16-33-54(59)69-61(75)43-41-57-72(69)78(51-29-12-4-13-30-51)64-45-53(76(49-25-8-2-9-26-49)62-38-22-40-67-68(62)56-35-18-21-39-66(56)80-67)46-65-71(64)74(57)58-42-44-63-70(73(58)79(65)52-31-14-5-15-32-52)55-34-17-20-37-60(55)77(63)50-27-10-3-11-28-50/h1,3,5-8,10-12,14-41,43,45-46,58,63,70,73H,2,4,9,13,42,44,47H2/t58?,63?,70?,73-/m0/s1. The van der Waals surface area contributed by atoms with Crippen LogP contribution in [-0.4, -0.2) is 23.4 Å². The molecular formula is C73H58BN5S. The van der Waals surface area contributed by atoms with Gasteiger partial charge in [0, 0.05) is 101 Å². The first-order valence-corrected chi connectivity index (χ1v) is 29.8. The minimum atomic E-state index is 0.115. The summed E-state index contributed by atoms with van der Waals surface area (Å²) in [5.41, 5.74) is 20.9. The van der Waals surface area contributed by atoms with Gasteiger partial charge in [-0.25, -0.2) is 0 Å². The van der Waals surface area contributed by atoms with Crippen LogP contribution in [0.2, 0.25) is 5.82 Å². The molecular weight excluding hydrogens is 990 g/mol. The van der Waals surface area contributed by atoms with Crippen molar-refractivity contribution in [1.29, 1.82) is 0 Å². The van der Waals surface area contributed by atoms with Crippen LogP contribution in [0.1, 0.15) is 55.6 Å². The Morgan fingerprint density at radius 2 is 1.24 bits per heavy atom. The number of aromatic nitrogens is 1. The number of nitrogens with zero attached hydrogens (tertiary/aromatic N) is 5. The summed E-state index contributed by atoms with van der Waals surface area (Å²) in [6, 6.07) is 79.2. The average molecular weight is 1050 g/mol. The third-order valence-electron chi connectivity index (χ3n) is 18.7. The van der Waals surface area contributed by atoms with Crippen LogP contribution in [0.25, 0.3) is 42.0 Å². The molecule has 5 nitrogen and oxygen atoms in total. The van der Waals surface area contributed by atoms with Gasteiger partial charge >= 0.3 is 0 Å². The fourth-order valence-corrected chi connectivity index (χ4v) is 16.8. The summed E-state index contributed by atoms with van der Waals surface area (Å²) in [4.78, 5) is 11.0. The molecule has 0 radical (unpaired) electrons. The smallest absolute Gasteiger partial charge is 0.222 e. The van der Waals surface area contributed by atoms with E-state index in [4.69, 9.17) is 0 Å². The lowest BCUT2D eigenvalue weighted by Gasteiger charge is -2.56. The molecule has 7 heteroatoms. The third kappa shape index (κ3) is 6.89. The fourth-order valence-electron chi connectivity index (χ4n) is 15.6. The average Bonchev–Trinajstić information content (AvgIpc) is 4.30. The molecule has 384 valence electrons. The Morgan fingerprint density at radius 3 is 2.04 bits per heavy atom. The molecule has 1 saturated carbocycles. The first-order chi connectivity index (χ1) is 39.7. The molecule has 6 aliphatic rings. The summed E-state index contributed by atoms with van der Waals surface area (Å²) >= 11 is 1.90. The van der Waals surface area contributed by atoms with E-state index < -0.39 is 0 Å². The molecule has 3 aliphatic carbocycles. The van der Waals surface area contributed by atoms with Crippen LogP contribution in [0.15, 0.2) is 254 Å². The lowest BCUT2D eigenvalue weighted by molar-refractivity contribution is 0.346. The van der Waals surface area contributed by atoms with E-state index in [9.17, 15) is 0 Å². The van der Waals surface area contributed by atoms with Gasteiger partial charge < -0.3 is 24.2 Å². The zero-order valence-corrected chi connectivity index (χ0v) is 45.4. The van der Waals surface area contributed by atoms with Crippen molar-refractivity contribution >= 4 is 116 Å². The van der Waals surface area contributed by atoms with Gasteiger partial charge in [-0.15, -0.1) is 11.3 Å². The van der Waals surface area contributed by atoms with Gasteiger partial charge in [0.25, 0.3) is 0 Å². The molecule has 0 saturated heterocycles. The SMILES string of the molecule is C1=CC(N(c2cc3c4c(c2)N(c2ccccc2)[C@H]2C(CCC5C2c2ccccc2N5c2ccccc2)B4c2ccc4c(c2N3C2=CCCC=C2)c2ccccc2n4Cc2ccccc2)c2cccc3sc4ccccc4c23)=CCC1. The van der Waals surface area contributed by atoms with E-state index in [1.54, 1.807) is 0 Å². The zero-order valence-electron chi connectivity index (χ0n) is 44.6. The van der Waals surface area contributed by atoms with Crippen LogP contribution in [0, 0.1) is 0 Å². The highest BCUT2D eigenvalue weighted by molar-refractivity contribution is 7.26. The number of fused-ring (bicyclic) bond motifs is 15. The van der Waals surface area contributed by atoms with Crippen LogP contribution in [-0.2, 0) is 6.54 Å². The maximum atomic E-state index is 2.87. The normalized spacial score (nSPS) is 19.7. The number of thiophene rings is 1. The van der Waals surface area contributed by atoms with Gasteiger partial charge in [0.15, 0.2) is 0 Å². The minimum absolute atomic E-state index is 0.115. The lowest BCUT2D eigenvalue weighted by atomic mass is 9.27. The van der Waals surface area contributed by atoms with Gasteiger partial charge in [0.1, 0.15) is 0 Å². The molecule has 2 aromatic heterocycles. The zero-order chi connectivity index (χ0) is 52.4. The van der Waals surface area contributed by atoms with Gasteiger partial charge in [-0.05, 0) is 145 Å². The fraction of sp³-hybridized carbons (Fsp3) is 0.151. The molecule has 80 heavy (non-hydrogen) atoms. The molecule has 4 atom stereocenters.